The van der Waals surface area contributed by atoms with Crippen molar-refractivity contribution in [2.75, 3.05) is 6.54 Å². The van der Waals surface area contributed by atoms with Gasteiger partial charge in [-0.2, -0.15) is 0 Å². The van der Waals surface area contributed by atoms with Gasteiger partial charge in [-0.25, -0.2) is 0 Å². The molecule has 1 aliphatic heterocycles. The molecule has 0 bridgehead atoms. The summed E-state index contributed by atoms with van der Waals surface area (Å²) in [5.41, 5.74) is 0.788. The molecule has 2 atom stereocenters. The number of likely N-dealkylation sites (tertiary alicyclic amines) is 1. The van der Waals surface area contributed by atoms with E-state index in [-0.39, 0.29) is 23.4 Å². The van der Waals surface area contributed by atoms with E-state index in [1.807, 2.05) is 30.3 Å². The second-order valence-corrected chi connectivity index (χ2v) is 24.3. The van der Waals surface area contributed by atoms with Crippen molar-refractivity contribution in [3.8, 4) is 0 Å². The Labute approximate surface area is 203 Å². The Morgan fingerprint density at radius 1 is 1.00 bits per heavy atom. The zero-order valence-electron chi connectivity index (χ0n) is 22.0. The number of nitrogens with zero attached hydrogens (tertiary/aromatic N) is 1. The molecule has 1 fully saturated rings. The normalized spacial score (nSPS) is 18.5. The molecule has 1 heterocycles. The Balaban J connectivity index is 2.22. The average molecular weight is 509 g/mol. The molecule has 1 N–H and O–H groups in total. The van der Waals surface area contributed by atoms with Gasteiger partial charge >= 0.3 is 8.56 Å². The lowest BCUT2D eigenvalue weighted by molar-refractivity contribution is -0.138. The summed E-state index contributed by atoms with van der Waals surface area (Å²) in [6, 6.07) is 9.29. The number of hydrogen-bond acceptors (Lipinski definition) is 4. The standard InChI is InChI=1S/C24H44N2O4Si3/c1-19(2)24(33(9,29-31(3,4)5)30-32(6,7)8)25-23(28)21-16-13-17-26(21)22(27)18-20-14-11-10-12-15-20/h10-12,14-15,19,21,24H,13,16-18H2,1-9H3,(H,25,28)/t21-,24+/m0/s1. The van der Waals surface area contributed by atoms with Gasteiger partial charge in [-0.3, -0.25) is 9.59 Å². The van der Waals surface area contributed by atoms with Crippen LogP contribution in [0.5, 0.6) is 0 Å². The molecule has 9 heteroatoms. The van der Waals surface area contributed by atoms with Gasteiger partial charge < -0.3 is 18.4 Å². The molecule has 1 aromatic rings. The first-order chi connectivity index (χ1) is 15.1. The molecule has 0 spiro atoms. The number of benzene rings is 1. The Morgan fingerprint density at radius 3 is 2.03 bits per heavy atom. The van der Waals surface area contributed by atoms with Crippen molar-refractivity contribution in [2.45, 2.75) is 90.6 Å². The highest BCUT2D eigenvalue weighted by atomic mass is 28.5. The number of hydrogen-bond donors (Lipinski definition) is 1. The van der Waals surface area contributed by atoms with Crippen molar-refractivity contribution in [1.29, 1.82) is 0 Å². The van der Waals surface area contributed by atoms with E-state index in [1.165, 1.54) is 0 Å². The van der Waals surface area contributed by atoms with Crippen LogP contribution in [0, 0.1) is 5.92 Å². The second-order valence-electron chi connectivity index (χ2n) is 11.6. The first-order valence-electron chi connectivity index (χ1n) is 12.2. The molecule has 33 heavy (non-hydrogen) atoms. The van der Waals surface area contributed by atoms with Crippen molar-refractivity contribution in [2.24, 2.45) is 5.92 Å². The molecule has 1 aliphatic rings. The summed E-state index contributed by atoms with van der Waals surface area (Å²) in [6.45, 7) is 20.0. The van der Waals surface area contributed by atoms with Gasteiger partial charge in [0.25, 0.3) is 0 Å². The van der Waals surface area contributed by atoms with E-state index in [9.17, 15) is 9.59 Å². The molecule has 2 amide bonds. The molecule has 0 saturated carbocycles. The summed E-state index contributed by atoms with van der Waals surface area (Å²) in [4.78, 5) is 28.3. The van der Waals surface area contributed by atoms with Crippen LogP contribution in [0.2, 0.25) is 45.8 Å². The van der Waals surface area contributed by atoms with E-state index in [0.29, 0.717) is 19.4 Å². The van der Waals surface area contributed by atoms with Gasteiger partial charge in [0, 0.05) is 6.54 Å². The van der Waals surface area contributed by atoms with Gasteiger partial charge in [0.1, 0.15) is 6.04 Å². The maximum absolute atomic E-state index is 13.5. The van der Waals surface area contributed by atoms with Crippen LogP contribution in [0.15, 0.2) is 30.3 Å². The molecule has 0 radical (unpaired) electrons. The van der Waals surface area contributed by atoms with Crippen LogP contribution in [-0.2, 0) is 24.2 Å². The zero-order valence-corrected chi connectivity index (χ0v) is 25.0. The molecule has 0 unspecified atom stereocenters. The fraction of sp³-hybridized carbons (Fsp3) is 0.667. The van der Waals surface area contributed by atoms with Gasteiger partial charge in [0.05, 0.1) is 12.1 Å². The first-order valence-corrected chi connectivity index (χ1v) is 21.4. The molecule has 1 aromatic carbocycles. The van der Waals surface area contributed by atoms with Crippen LogP contribution in [0.25, 0.3) is 0 Å². The van der Waals surface area contributed by atoms with Crippen molar-refractivity contribution < 1.29 is 17.8 Å². The van der Waals surface area contributed by atoms with Crippen molar-refractivity contribution >= 4 is 37.0 Å². The Bertz CT molecular complexity index is 790. The maximum atomic E-state index is 13.5. The predicted molar refractivity (Wildman–Crippen MR) is 142 cm³/mol. The lowest BCUT2D eigenvalue weighted by Gasteiger charge is -2.45. The van der Waals surface area contributed by atoms with E-state index >= 15 is 0 Å². The number of rotatable bonds is 10. The van der Waals surface area contributed by atoms with E-state index < -0.39 is 31.2 Å². The van der Waals surface area contributed by atoms with Gasteiger partial charge in [-0.15, -0.1) is 0 Å². The van der Waals surface area contributed by atoms with E-state index in [1.54, 1.807) is 4.90 Å². The molecule has 6 nitrogen and oxygen atoms in total. The van der Waals surface area contributed by atoms with E-state index in [2.05, 4.69) is 65.0 Å². The first kappa shape index (κ1) is 28.0. The molecular weight excluding hydrogens is 465 g/mol. The lowest BCUT2D eigenvalue weighted by atomic mass is 10.1. The van der Waals surface area contributed by atoms with Crippen LogP contribution < -0.4 is 5.32 Å². The number of carbonyl (C=O) groups is 2. The second kappa shape index (κ2) is 11.0. The monoisotopic (exact) mass is 508 g/mol. The van der Waals surface area contributed by atoms with Gasteiger partial charge in [0.15, 0.2) is 16.6 Å². The van der Waals surface area contributed by atoms with E-state index in [4.69, 9.17) is 8.23 Å². The fourth-order valence-corrected chi connectivity index (χ4v) is 17.6. The van der Waals surface area contributed by atoms with Crippen LogP contribution in [0.3, 0.4) is 0 Å². The summed E-state index contributed by atoms with van der Waals surface area (Å²) in [7, 11) is -6.58. The topological polar surface area (TPSA) is 67.9 Å². The van der Waals surface area contributed by atoms with Gasteiger partial charge in [0.2, 0.25) is 11.8 Å². The summed E-state index contributed by atoms with van der Waals surface area (Å²) in [6.07, 6.45) is 1.86. The fourth-order valence-electron chi connectivity index (χ4n) is 4.73. The third kappa shape index (κ3) is 8.47. The van der Waals surface area contributed by atoms with Gasteiger partial charge in [-0.05, 0) is 70.2 Å². The molecule has 0 aromatic heterocycles. The Hall–Kier alpha value is -1.27. The molecule has 1 saturated heterocycles. The Kier molecular flexibility index (Phi) is 9.31. The van der Waals surface area contributed by atoms with Crippen molar-refractivity contribution in [3.63, 3.8) is 0 Å². The SMILES string of the molecule is CC(C)[C@H](NC(=O)[C@@H]1CCCN1C(=O)Cc1ccccc1)[Si](C)(O[Si](C)(C)C)O[Si](C)(C)C. The Morgan fingerprint density at radius 2 is 1.55 bits per heavy atom. The minimum Gasteiger partial charge on any atom is -0.435 e. The molecule has 2 rings (SSSR count). The highest BCUT2D eigenvalue weighted by Gasteiger charge is 2.50. The minimum atomic E-state index is -2.75. The predicted octanol–water partition coefficient (Wildman–Crippen LogP) is 4.68. The highest BCUT2D eigenvalue weighted by Crippen LogP contribution is 2.28. The zero-order chi connectivity index (χ0) is 25.0. The third-order valence-electron chi connectivity index (χ3n) is 5.62. The highest BCUT2D eigenvalue weighted by molar-refractivity contribution is 6.88. The quantitative estimate of drug-likeness (QED) is 0.466. The smallest absolute Gasteiger partial charge is 0.337 e. The molecule has 186 valence electrons. The van der Waals surface area contributed by atoms with Crippen LogP contribution in [0.1, 0.15) is 32.3 Å². The lowest BCUT2D eigenvalue weighted by Crippen LogP contribution is -2.67. The maximum Gasteiger partial charge on any atom is 0.337 e. The summed E-state index contributed by atoms with van der Waals surface area (Å²) >= 11 is 0. The number of nitrogens with one attached hydrogen (secondary N) is 1. The summed E-state index contributed by atoms with van der Waals surface area (Å²) in [5, 5.41) is 3.32. The largest absolute Gasteiger partial charge is 0.435 e. The minimum absolute atomic E-state index is 0.0108. The van der Waals surface area contributed by atoms with Crippen LogP contribution >= 0.6 is 0 Å². The summed E-state index contributed by atoms with van der Waals surface area (Å²) in [5.74, 6) is 0.0922. The average Bonchev–Trinajstić information content (AvgIpc) is 3.13. The number of amides is 2. The van der Waals surface area contributed by atoms with Crippen LogP contribution in [-0.4, -0.2) is 60.2 Å². The summed E-state index contributed by atoms with van der Waals surface area (Å²) < 4.78 is 13.5. The van der Waals surface area contributed by atoms with E-state index in [0.717, 1.165) is 12.0 Å². The van der Waals surface area contributed by atoms with Gasteiger partial charge in [-0.1, -0.05) is 44.2 Å². The molecule has 0 aliphatic carbocycles. The van der Waals surface area contributed by atoms with Crippen molar-refractivity contribution in [3.05, 3.63) is 35.9 Å². The van der Waals surface area contributed by atoms with Crippen LogP contribution in [0.4, 0.5) is 0 Å². The van der Waals surface area contributed by atoms with Crippen molar-refractivity contribution in [1.82, 2.24) is 10.2 Å². The molecular formula is C24H44N2O4Si3. The third-order valence-corrected chi connectivity index (χ3v) is 15.7. The number of carbonyl (C=O) groups excluding carboxylic acids is 2.